The maximum atomic E-state index is 10.1. The molecule has 0 unspecified atom stereocenters. The third-order valence-corrected chi connectivity index (χ3v) is 1.07. The molecule has 1 atom stereocenters. The Morgan fingerprint density at radius 2 is 2.38 bits per heavy atom. The first-order valence-electron chi connectivity index (χ1n) is 2.29. The molecule has 44 valence electrons. The highest BCUT2D eigenvalue weighted by Gasteiger charge is 2.29. The van der Waals surface area contributed by atoms with Crippen molar-refractivity contribution >= 4 is 11.8 Å². The number of rotatable bonds is 1. The Kier molecular flexibility index (Phi) is 0.932. The molecule has 0 radical (unpaired) electrons. The summed E-state index contributed by atoms with van der Waals surface area (Å²) in [6, 6.07) is -0.400. The normalized spacial score (nSPS) is 26.0. The minimum atomic E-state index is -0.454. The van der Waals surface area contributed by atoms with Crippen molar-refractivity contribution in [2.24, 2.45) is 5.73 Å². The molecule has 1 heterocycles. The van der Waals surface area contributed by atoms with E-state index in [0.29, 0.717) is 0 Å². The first kappa shape index (κ1) is 5.08. The van der Waals surface area contributed by atoms with Gasteiger partial charge in [-0.15, -0.1) is 0 Å². The largest absolute Gasteiger partial charge is 0.368 e. The predicted molar refractivity (Wildman–Crippen MR) is 25.7 cm³/mol. The number of hydrogen-bond acceptors (Lipinski definition) is 2. The molecule has 1 rings (SSSR count). The quantitative estimate of drug-likeness (QED) is 0.401. The molecule has 1 fully saturated rings. The van der Waals surface area contributed by atoms with Gasteiger partial charge in [-0.05, 0) is 0 Å². The number of carbonyl (C=O) groups excluding carboxylic acids is 2. The fraction of sp³-hybridized carbons (Fsp3) is 0.500. The summed E-state index contributed by atoms with van der Waals surface area (Å²) in [7, 11) is 0. The molecule has 2 amide bonds. The van der Waals surface area contributed by atoms with Crippen molar-refractivity contribution in [3.63, 3.8) is 0 Å². The maximum Gasteiger partial charge on any atom is 0.240 e. The molecule has 0 aliphatic carbocycles. The van der Waals surface area contributed by atoms with Crippen LogP contribution in [-0.2, 0) is 9.59 Å². The van der Waals surface area contributed by atoms with Gasteiger partial charge in [0.15, 0.2) is 0 Å². The molecule has 0 saturated carbocycles. The van der Waals surface area contributed by atoms with E-state index in [2.05, 4.69) is 5.32 Å². The van der Waals surface area contributed by atoms with E-state index < -0.39 is 11.9 Å². The number of carbonyl (C=O) groups is 2. The van der Waals surface area contributed by atoms with Gasteiger partial charge in [-0.25, -0.2) is 0 Å². The zero-order valence-electron chi connectivity index (χ0n) is 4.18. The second-order valence-corrected chi connectivity index (χ2v) is 1.73. The molecule has 8 heavy (non-hydrogen) atoms. The minimum Gasteiger partial charge on any atom is -0.368 e. The van der Waals surface area contributed by atoms with Crippen LogP contribution in [0, 0.1) is 0 Å². The van der Waals surface area contributed by atoms with Crippen molar-refractivity contribution in [1.82, 2.24) is 5.32 Å². The highest BCUT2D eigenvalue weighted by atomic mass is 16.2. The van der Waals surface area contributed by atoms with Gasteiger partial charge in [0.2, 0.25) is 11.8 Å². The highest BCUT2D eigenvalue weighted by Crippen LogP contribution is 2.01. The highest BCUT2D eigenvalue weighted by molar-refractivity contribution is 5.96. The number of hydrogen-bond donors (Lipinski definition) is 2. The second-order valence-electron chi connectivity index (χ2n) is 1.73. The summed E-state index contributed by atoms with van der Waals surface area (Å²) in [6.07, 6.45) is 0.259. The van der Waals surface area contributed by atoms with E-state index in [1.165, 1.54) is 0 Å². The summed E-state index contributed by atoms with van der Waals surface area (Å²) in [5.41, 5.74) is 4.81. The van der Waals surface area contributed by atoms with Crippen LogP contribution in [-0.4, -0.2) is 17.9 Å². The Bertz CT molecular complexity index is 135. The van der Waals surface area contributed by atoms with Crippen molar-refractivity contribution in [1.29, 1.82) is 0 Å². The van der Waals surface area contributed by atoms with Crippen LogP contribution in [0.3, 0.4) is 0 Å². The molecule has 0 aromatic heterocycles. The molecule has 1 aliphatic heterocycles. The van der Waals surface area contributed by atoms with Crippen LogP contribution in [0.25, 0.3) is 0 Å². The van der Waals surface area contributed by atoms with Crippen molar-refractivity contribution in [3.8, 4) is 0 Å². The number of amides is 2. The Morgan fingerprint density at radius 3 is 2.50 bits per heavy atom. The summed E-state index contributed by atoms with van der Waals surface area (Å²) >= 11 is 0. The predicted octanol–water partition coefficient (Wildman–Crippen LogP) is -1.64. The molecule has 1 saturated heterocycles. The zero-order chi connectivity index (χ0) is 6.15. The molecule has 3 N–H and O–H groups in total. The first-order valence-corrected chi connectivity index (χ1v) is 2.29. The molecule has 0 bridgehead atoms. The second kappa shape index (κ2) is 1.47. The number of nitrogens with one attached hydrogen (secondary N) is 1. The Morgan fingerprint density at radius 1 is 1.88 bits per heavy atom. The van der Waals surface area contributed by atoms with Crippen LogP contribution in [0.2, 0.25) is 0 Å². The van der Waals surface area contributed by atoms with Crippen LogP contribution in [0.15, 0.2) is 0 Å². The number of primary amides is 1. The van der Waals surface area contributed by atoms with Crippen LogP contribution >= 0.6 is 0 Å². The summed E-state index contributed by atoms with van der Waals surface area (Å²) in [4.78, 5) is 20.2. The monoisotopic (exact) mass is 114 g/mol. The molecule has 4 heteroatoms. The fourth-order valence-electron chi connectivity index (χ4n) is 0.530. The van der Waals surface area contributed by atoms with Crippen LogP contribution in [0.1, 0.15) is 6.42 Å². The molecular weight excluding hydrogens is 108 g/mol. The first-order chi connectivity index (χ1) is 3.70. The van der Waals surface area contributed by atoms with Crippen molar-refractivity contribution in [2.45, 2.75) is 12.5 Å². The lowest BCUT2D eigenvalue weighted by atomic mass is 10.1. The fourth-order valence-corrected chi connectivity index (χ4v) is 0.530. The van der Waals surface area contributed by atoms with Gasteiger partial charge in [0.25, 0.3) is 0 Å². The van der Waals surface area contributed by atoms with E-state index in [1.54, 1.807) is 0 Å². The van der Waals surface area contributed by atoms with Gasteiger partial charge >= 0.3 is 0 Å². The zero-order valence-corrected chi connectivity index (χ0v) is 4.18. The summed E-state index contributed by atoms with van der Waals surface area (Å²) in [5.74, 6) is -0.557. The SMILES string of the molecule is NC(=O)[C@H]1CC(=O)N1. The van der Waals surface area contributed by atoms with Gasteiger partial charge in [0, 0.05) is 0 Å². The maximum absolute atomic E-state index is 10.1. The molecule has 4 nitrogen and oxygen atoms in total. The van der Waals surface area contributed by atoms with Gasteiger partial charge in [0.1, 0.15) is 6.04 Å². The third-order valence-electron chi connectivity index (χ3n) is 1.07. The molecular formula is C4H6N2O2. The van der Waals surface area contributed by atoms with Gasteiger partial charge < -0.3 is 11.1 Å². The average molecular weight is 114 g/mol. The summed E-state index contributed by atoms with van der Waals surface area (Å²) in [6.45, 7) is 0. The van der Waals surface area contributed by atoms with E-state index in [0.717, 1.165) is 0 Å². The lowest BCUT2D eigenvalue weighted by molar-refractivity contribution is -0.135. The number of nitrogens with two attached hydrogens (primary N) is 1. The van der Waals surface area contributed by atoms with Gasteiger partial charge in [-0.1, -0.05) is 0 Å². The van der Waals surface area contributed by atoms with Gasteiger partial charge in [0.05, 0.1) is 6.42 Å². The Balaban J connectivity index is 2.35. The van der Waals surface area contributed by atoms with E-state index in [9.17, 15) is 9.59 Å². The summed E-state index contributed by atoms with van der Waals surface area (Å²) in [5, 5.41) is 2.33. The molecule has 0 spiro atoms. The van der Waals surface area contributed by atoms with Crippen molar-refractivity contribution in [2.75, 3.05) is 0 Å². The third kappa shape index (κ3) is 0.641. The summed E-state index contributed by atoms with van der Waals surface area (Å²) < 4.78 is 0. The van der Waals surface area contributed by atoms with Crippen LogP contribution in [0.5, 0.6) is 0 Å². The van der Waals surface area contributed by atoms with Crippen LogP contribution < -0.4 is 11.1 Å². The van der Waals surface area contributed by atoms with Crippen molar-refractivity contribution in [3.05, 3.63) is 0 Å². The van der Waals surface area contributed by atoms with E-state index in [1.807, 2.05) is 0 Å². The molecule has 0 aromatic carbocycles. The standard InChI is InChI=1S/C4H6N2O2/c5-4(8)2-1-3(7)6-2/h2H,1H2,(H2,5,8)(H,6,7)/t2-/m1/s1. The van der Waals surface area contributed by atoms with Crippen LogP contribution in [0.4, 0.5) is 0 Å². The average Bonchev–Trinajstić information content (AvgIpc) is 1.57. The molecule has 0 aromatic rings. The lowest BCUT2D eigenvalue weighted by Gasteiger charge is -2.22. The Labute approximate surface area is 46.0 Å². The lowest BCUT2D eigenvalue weighted by Crippen LogP contribution is -2.55. The smallest absolute Gasteiger partial charge is 0.240 e. The Hall–Kier alpha value is -1.06. The van der Waals surface area contributed by atoms with Crippen molar-refractivity contribution < 1.29 is 9.59 Å². The topological polar surface area (TPSA) is 72.2 Å². The van der Waals surface area contributed by atoms with Gasteiger partial charge in [-0.3, -0.25) is 9.59 Å². The van der Waals surface area contributed by atoms with E-state index in [4.69, 9.17) is 5.73 Å². The minimum absolute atomic E-state index is 0.103. The van der Waals surface area contributed by atoms with E-state index in [-0.39, 0.29) is 12.3 Å². The number of β-lactam (4-membered cyclic amide) rings is 1. The molecule has 1 aliphatic rings. The van der Waals surface area contributed by atoms with E-state index >= 15 is 0 Å². The van der Waals surface area contributed by atoms with Gasteiger partial charge in [-0.2, -0.15) is 0 Å².